The molecular weight excluding hydrogens is 272 g/mol. The molecule has 0 aliphatic carbocycles. The third kappa shape index (κ3) is 3.48. The van der Waals surface area contributed by atoms with Crippen LogP contribution < -0.4 is 0 Å². The summed E-state index contributed by atoms with van der Waals surface area (Å²) in [6.45, 7) is 0. The largest absolute Gasteiger partial charge is 0.465 e. The molecule has 0 saturated carbocycles. The minimum atomic E-state index is -0.338. The van der Waals surface area contributed by atoms with E-state index in [1.807, 2.05) is 36.4 Å². The van der Waals surface area contributed by atoms with Crippen LogP contribution >= 0.6 is 11.8 Å². The van der Waals surface area contributed by atoms with E-state index in [0.717, 1.165) is 16.7 Å². The highest BCUT2D eigenvalue weighted by Gasteiger charge is 2.11. The molecule has 0 spiro atoms. The van der Waals surface area contributed by atoms with Gasteiger partial charge in [-0.2, -0.15) is 0 Å². The van der Waals surface area contributed by atoms with Gasteiger partial charge in [-0.25, -0.2) is 4.79 Å². The number of methoxy groups -OCH3 is 1. The summed E-state index contributed by atoms with van der Waals surface area (Å²) in [5, 5.41) is 0. The van der Waals surface area contributed by atoms with Gasteiger partial charge in [-0.15, -0.1) is 11.8 Å². The molecule has 20 heavy (non-hydrogen) atoms. The van der Waals surface area contributed by atoms with Crippen molar-refractivity contribution in [3.05, 3.63) is 65.2 Å². The number of esters is 1. The number of hydrogen-bond acceptors (Lipinski definition) is 4. The third-order valence-electron chi connectivity index (χ3n) is 2.77. The van der Waals surface area contributed by atoms with Gasteiger partial charge < -0.3 is 4.74 Å². The Labute approximate surface area is 122 Å². The number of carbonyl (C=O) groups is 2. The molecule has 0 radical (unpaired) electrons. The van der Waals surface area contributed by atoms with E-state index in [0.29, 0.717) is 16.9 Å². The monoisotopic (exact) mass is 286 g/mol. The molecular formula is C16H14O3S. The van der Waals surface area contributed by atoms with E-state index in [2.05, 4.69) is 0 Å². The van der Waals surface area contributed by atoms with Gasteiger partial charge in [0.2, 0.25) is 0 Å². The molecule has 0 fully saturated rings. The van der Waals surface area contributed by atoms with Gasteiger partial charge in [0.1, 0.15) is 6.29 Å². The van der Waals surface area contributed by atoms with Gasteiger partial charge in [0.25, 0.3) is 0 Å². The van der Waals surface area contributed by atoms with E-state index in [9.17, 15) is 9.59 Å². The van der Waals surface area contributed by atoms with E-state index in [1.165, 1.54) is 7.11 Å². The smallest absolute Gasteiger partial charge is 0.338 e. The first-order chi connectivity index (χ1) is 9.74. The molecule has 3 nitrogen and oxygen atoms in total. The number of carbonyl (C=O) groups excluding carboxylic acids is 2. The summed E-state index contributed by atoms with van der Waals surface area (Å²) in [5.74, 6) is 0.352. The maximum Gasteiger partial charge on any atom is 0.338 e. The lowest BCUT2D eigenvalue weighted by molar-refractivity contribution is 0.0596. The van der Waals surface area contributed by atoms with Gasteiger partial charge >= 0.3 is 5.97 Å². The predicted molar refractivity (Wildman–Crippen MR) is 79.2 cm³/mol. The van der Waals surface area contributed by atoms with Crippen LogP contribution in [0.25, 0.3) is 0 Å². The van der Waals surface area contributed by atoms with E-state index in [1.54, 1.807) is 23.9 Å². The molecule has 0 aliphatic rings. The molecule has 4 heteroatoms. The van der Waals surface area contributed by atoms with Crippen molar-refractivity contribution in [1.82, 2.24) is 0 Å². The maximum atomic E-state index is 11.7. The van der Waals surface area contributed by atoms with Crippen molar-refractivity contribution >= 4 is 24.0 Å². The molecule has 0 unspecified atom stereocenters. The molecule has 0 heterocycles. The highest BCUT2D eigenvalue weighted by atomic mass is 32.2. The first-order valence-electron chi connectivity index (χ1n) is 6.09. The molecule has 2 aromatic rings. The fraction of sp³-hybridized carbons (Fsp3) is 0.125. The number of thioether (sulfide) groups is 1. The Morgan fingerprint density at radius 3 is 2.75 bits per heavy atom. The van der Waals surface area contributed by atoms with Crippen LogP contribution in [0, 0.1) is 0 Å². The molecule has 2 aromatic carbocycles. The Morgan fingerprint density at radius 2 is 2.00 bits per heavy atom. The van der Waals surface area contributed by atoms with Crippen LogP contribution in [-0.4, -0.2) is 19.4 Å². The van der Waals surface area contributed by atoms with Gasteiger partial charge in [0, 0.05) is 16.2 Å². The Bertz CT molecular complexity index is 623. The zero-order valence-corrected chi connectivity index (χ0v) is 11.9. The Kier molecular flexibility index (Phi) is 4.96. The highest BCUT2D eigenvalue weighted by molar-refractivity contribution is 7.98. The summed E-state index contributed by atoms with van der Waals surface area (Å²) in [4.78, 5) is 23.3. The molecule has 0 N–H and O–H groups in total. The Balaban J connectivity index is 2.14. The zero-order chi connectivity index (χ0) is 14.4. The predicted octanol–water partition coefficient (Wildman–Crippen LogP) is 3.58. The quantitative estimate of drug-likeness (QED) is 0.479. The molecule has 0 amide bonds. The van der Waals surface area contributed by atoms with E-state index < -0.39 is 0 Å². The summed E-state index contributed by atoms with van der Waals surface area (Å²) in [6.07, 6.45) is 0.830. The van der Waals surface area contributed by atoms with Crippen LogP contribution in [0.3, 0.4) is 0 Å². The van der Waals surface area contributed by atoms with Crippen LogP contribution in [0.5, 0.6) is 0 Å². The van der Waals surface area contributed by atoms with Gasteiger partial charge in [0.05, 0.1) is 12.7 Å². The normalized spacial score (nSPS) is 10.1. The number of aldehydes is 1. The zero-order valence-electron chi connectivity index (χ0n) is 11.0. The maximum absolute atomic E-state index is 11.7. The van der Waals surface area contributed by atoms with Crippen LogP contribution in [0.1, 0.15) is 26.3 Å². The number of benzene rings is 2. The van der Waals surface area contributed by atoms with Crippen molar-refractivity contribution in [2.75, 3.05) is 7.11 Å². The molecule has 0 aromatic heterocycles. The average Bonchev–Trinajstić information content (AvgIpc) is 2.52. The van der Waals surface area contributed by atoms with Crippen molar-refractivity contribution in [2.45, 2.75) is 10.6 Å². The van der Waals surface area contributed by atoms with Crippen LogP contribution in [0.4, 0.5) is 0 Å². The minimum absolute atomic E-state index is 0.338. The van der Waals surface area contributed by atoms with Gasteiger partial charge in [-0.05, 0) is 23.8 Å². The van der Waals surface area contributed by atoms with E-state index in [-0.39, 0.29) is 5.97 Å². The van der Waals surface area contributed by atoms with Crippen LogP contribution in [-0.2, 0) is 10.5 Å². The SMILES string of the molecule is COC(=O)c1ccccc1SCc1cccc(C=O)c1. The molecule has 2 rings (SSSR count). The topological polar surface area (TPSA) is 43.4 Å². The summed E-state index contributed by atoms with van der Waals surface area (Å²) < 4.78 is 4.77. The lowest BCUT2D eigenvalue weighted by atomic mass is 10.2. The lowest BCUT2D eigenvalue weighted by Crippen LogP contribution is -2.02. The van der Waals surface area contributed by atoms with Crippen molar-refractivity contribution < 1.29 is 14.3 Å². The molecule has 0 bridgehead atoms. The molecule has 0 saturated heterocycles. The van der Waals surface area contributed by atoms with Gasteiger partial charge in [-0.1, -0.05) is 30.3 Å². The number of rotatable bonds is 5. The minimum Gasteiger partial charge on any atom is -0.465 e. The fourth-order valence-corrected chi connectivity index (χ4v) is 2.77. The summed E-state index contributed by atoms with van der Waals surface area (Å²) in [5.41, 5.74) is 2.26. The number of hydrogen-bond donors (Lipinski definition) is 0. The first-order valence-corrected chi connectivity index (χ1v) is 7.07. The van der Waals surface area contributed by atoms with Gasteiger partial charge in [-0.3, -0.25) is 4.79 Å². The van der Waals surface area contributed by atoms with Crippen LogP contribution in [0.2, 0.25) is 0 Å². The summed E-state index contributed by atoms with van der Waals surface area (Å²) >= 11 is 1.55. The second-order valence-electron chi connectivity index (χ2n) is 4.14. The summed E-state index contributed by atoms with van der Waals surface area (Å²) in [7, 11) is 1.37. The van der Waals surface area contributed by atoms with Crippen molar-refractivity contribution in [3.8, 4) is 0 Å². The third-order valence-corrected chi connectivity index (χ3v) is 3.92. The Morgan fingerprint density at radius 1 is 1.20 bits per heavy atom. The summed E-state index contributed by atoms with van der Waals surface area (Å²) in [6, 6.07) is 14.8. The lowest BCUT2D eigenvalue weighted by Gasteiger charge is -2.07. The fourth-order valence-electron chi connectivity index (χ4n) is 1.79. The molecule has 102 valence electrons. The van der Waals surface area contributed by atoms with Crippen molar-refractivity contribution in [1.29, 1.82) is 0 Å². The van der Waals surface area contributed by atoms with Crippen molar-refractivity contribution in [3.63, 3.8) is 0 Å². The second kappa shape index (κ2) is 6.91. The first kappa shape index (κ1) is 14.3. The highest BCUT2D eigenvalue weighted by Crippen LogP contribution is 2.26. The van der Waals surface area contributed by atoms with Crippen molar-refractivity contribution in [2.24, 2.45) is 0 Å². The second-order valence-corrected chi connectivity index (χ2v) is 5.16. The van der Waals surface area contributed by atoms with Crippen LogP contribution in [0.15, 0.2) is 53.4 Å². The van der Waals surface area contributed by atoms with E-state index >= 15 is 0 Å². The molecule has 0 atom stereocenters. The average molecular weight is 286 g/mol. The number of ether oxygens (including phenoxy) is 1. The Hall–Kier alpha value is -2.07. The van der Waals surface area contributed by atoms with E-state index in [4.69, 9.17) is 4.74 Å². The standard InChI is InChI=1S/C16H14O3S/c1-19-16(18)14-7-2-3-8-15(14)20-11-13-6-4-5-12(9-13)10-17/h2-10H,11H2,1H3. The molecule has 0 aliphatic heterocycles. The van der Waals surface area contributed by atoms with Gasteiger partial charge in [0.15, 0.2) is 0 Å².